The van der Waals surface area contributed by atoms with E-state index in [1.807, 2.05) is 38.2 Å². The van der Waals surface area contributed by atoms with Crippen LogP contribution in [0.15, 0.2) is 36.5 Å². The van der Waals surface area contributed by atoms with Crippen LogP contribution in [0.3, 0.4) is 0 Å². The molecule has 2 aromatic rings. The lowest BCUT2D eigenvalue weighted by Gasteiger charge is -2.18. The summed E-state index contributed by atoms with van der Waals surface area (Å²) in [6, 6.07) is 9.48. The molecule has 2 rings (SSSR count). The van der Waals surface area contributed by atoms with Crippen LogP contribution < -0.4 is 10.1 Å². The van der Waals surface area contributed by atoms with Gasteiger partial charge in [-0.1, -0.05) is 35.3 Å². The molecule has 0 aliphatic heterocycles. The molecule has 0 saturated carbocycles. The quantitative estimate of drug-likeness (QED) is 0.903. The van der Waals surface area contributed by atoms with Crippen molar-refractivity contribution in [2.24, 2.45) is 0 Å². The van der Waals surface area contributed by atoms with Gasteiger partial charge in [-0.05, 0) is 37.7 Å². The molecule has 1 aromatic carbocycles. The van der Waals surface area contributed by atoms with Gasteiger partial charge in [0.05, 0.1) is 28.4 Å². The fourth-order valence-corrected chi connectivity index (χ4v) is 2.51. The van der Waals surface area contributed by atoms with Crippen LogP contribution in [0, 0.1) is 0 Å². The van der Waals surface area contributed by atoms with Crippen LogP contribution in [0.25, 0.3) is 0 Å². The minimum absolute atomic E-state index is 0.0876. The van der Waals surface area contributed by atoms with Gasteiger partial charge >= 0.3 is 0 Å². The molecule has 1 heterocycles. The number of pyridine rings is 1. The molecule has 1 N–H and O–H groups in total. The molecule has 0 spiro atoms. The first-order valence-electron chi connectivity index (χ1n) is 6.36. The van der Waals surface area contributed by atoms with Crippen molar-refractivity contribution in [2.75, 3.05) is 13.7 Å². The fourth-order valence-electron chi connectivity index (χ4n) is 2.02. The third-order valence-electron chi connectivity index (χ3n) is 2.92. The molecule has 0 amide bonds. The molecule has 5 heteroatoms. The second kappa shape index (κ2) is 6.93. The van der Waals surface area contributed by atoms with Gasteiger partial charge in [0.15, 0.2) is 0 Å². The molecular weight excluding hydrogens is 295 g/mol. The molecule has 20 heavy (non-hydrogen) atoms. The summed E-state index contributed by atoms with van der Waals surface area (Å²) in [6.07, 6.45) is 1.60. The Labute approximate surface area is 128 Å². The second-order valence-electron chi connectivity index (χ2n) is 4.24. The summed E-state index contributed by atoms with van der Waals surface area (Å²) >= 11 is 12.1. The van der Waals surface area contributed by atoms with Crippen molar-refractivity contribution in [2.45, 2.75) is 13.0 Å². The Kier molecular flexibility index (Phi) is 5.24. The number of hydrogen-bond acceptors (Lipinski definition) is 3. The first-order valence-corrected chi connectivity index (χ1v) is 7.12. The number of nitrogens with one attached hydrogen (secondary N) is 1. The predicted octanol–water partition coefficient (Wildman–Crippen LogP) is 4.10. The van der Waals surface area contributed by atoms with E-state index in [0.29, 0.717) is 16.7 Å². The Morgan fingerprint density at radius 3 is 2.50 bits per heavy atom. The van der Waals surface area contributed by atoms with Crippen molar-refractivity contribution < 1.29 is 4.74 Å². The molecule has 1 aromatic heterocycles. The van der Waals surface area contributed by atoms with Gasteiger partial charge in [0.2, 0.25) is 0 Å². The Hall–Kier alpha value is -1.29. The van der Waals surface area contributed by atoms with Gasteiger partial charge in [0.1, 0.15) is 5.75 Å². The summed E-state index contributed by atoms with van der Waals surface area (Å²) < 4.78 is 5.44. The average Bonchev–Trinajstić information content (AvgIpc) is 2.44. The zero-order valence-electron chi connectivity index (χ0n) is 11.4. The molecule has 1 unspecified atom stereocenters. The van der Waals surface area contributed by atoms with Crippen molar-refractivity contribution in [3.8, 4) is 5.75 Å². The van der Waals surface area contributed by atoms with Crippen molar-refractivity contribution in [1.29, 1.82) is 0 Å². The first-order chi connectivity index (χ1) is 9.65. The highest BCUT2D eigenvalue weighted by molar-refractivity contribution is 6.34. The van der Waals surface area contributed by atoms with Crippen LogP contribution in [-0.2, 0) is 0 Å². The normalized spacial score (nSPS) is 12.2. The summed E-state index contributed by atoms with van der Waals surface area (Å²) in [6.45, 7) is 2.61. The van der Waals surface area contributed by atoms with Crippen LogP contribution in [0.5, 0.6) is 5.75 Å². The summed E-state index contributed by atoms with van der Waals surface area (Å²) in [5.74, 6) is 0.848. The van der Waals surface area contributed by atoms with E-state index in [0.717, 1.165) is 17.0 Å². The monoisotopic (exact) mass is 310 g/mol. The number of rotatable bonds is 5. The Bertz CT molecular complexity index is 573. The molecule has 1 atom stereocenters. The third-order valence-corrected chi connectivity index (χ3v) is 3.43. The molecular formula is C15H16Cl2N2O. The highest BCUT2D eigenvalue weighted by Crippen LogP contribution is 2.29. The van der Waals surface area contributed by atoms with E-state index in [9.17, 15) is 0 Å². The Morgan fingerprint density at radius 2 is 1.95 bits per heavy atom. The standard InChI is InChI=1S/C15H16Cl2N2O/c1-3-20-12-6-4-10(5-7-12)14(18-2)15-13(17)8-11(16)9-19-15/h4-9,14,18H,3H2,1-2H3. The average molecular weight is 311 g/mol. The van der Waals surface area contributed by atoms with Gasteiger partial charge in [0.25, 0.3) is 0 Å². The maximum atomic E-state index is 6.22. The number of nitrogens with zero attached hydrogens (tertiary/aromatic N) is 1. The van der Waals surface area contributed by atoms with Gasteiger partial charge in [-0.2, -0.15) is 0 Å². The summed E-state index contributed by atoms with van der Waals surface area (Å²) in [7, 11) is 1.87. The minimum atomic E-state index is -0.0876. The summed E-state index contributed by atoms with van der Waals surface area (Å²) in [5.41, 5.74) is 1.82. The topological polar surface area (TPSA) is 34.1 Å². The first kappa shape index (κ1) is 15.1. The third kappa shape index (κ3) is 3.42. The lowest BCUT2D eigenvalue weighted by Crippen LogP contribution is -2.19. The maximum absolute atomic E-state index is 6.22. The maximum Gasteiger partial charge on any atom is 0.119 e. The molecule has 0 aliphatic rings. The molecule has 0 fully saturated rings. The lowest BCUT2D eigenvalue weighted by molar-refractivity contribution is 0.340. The predicted molar refractivity (Wildman–Crippen MR) is 82.8 cm³/mol. The van der Waals surface area contributed by atoms with Crippen LogP contribution >= 0.6 is 23.2 Å². The fraction of sp³-hybridized carbons (Fsp3) is 0.267. The molecule has 0 bridgehead atoms. The van der Waals surface area contributed by atoms with Gasteiger partial charge in [-0.25, -0.2) is 0 Å². The van der Waals surface area contributed by atoms with E-state index < -0.39 is 0 Å². The van der Waals surface area contributed by atoms with Crippen LogP contribution in [0.2, 0.25) is 10.0 Å². The van der Waals surface area contributed by atoms with Crippen LogP contribution in [0.1, 0.15) is 24.2 Å². The van der Waals surface area contributed by atoms with Crippen molar-refractivity contribution in [1.82, 2.24) is 10.3 Å². The molecule has 106 valence electrons. The Morgan fingerprint density at radius 1 is 1.25 bits per heavy atom. The van der Waals surface area contributed by atoms with Gasteiger partial charge in [-0.3, -0.25) is 4.98 Å². The van der Waals surface area contributed by atoms with Crippen LogP contribution in [0.4, 0.5) is 0 Å². The number of benzene rings is 1. The highest BCUT2D eigenvalue weighted by Gasteiger charge is 2.17. The van der Waals surface area contributed by atoms with E-state index in [2.05, 4.69) is 10.3 Å². The second-order valence-corrected chi connectivity index (χ2v) is 5.09. The number of aromatic nitrogens is 1. The van der Waals surface area contributed by atoms with E-state index in [-0.39, 0.29) is 6.04 Å². The van der Waals surface area contributed by atoms with E-state index in [1.165, 1.54) is 0 Å². The number of hydrogen-bond donors (Lipinski definition) is 1. The van der Waals surface area contributed by atoms with Crippen LogP contribution in [-0.4, -0.2) is 18.6 Å². The molecule has 0 aliphatic carbocycles. The van der Waals surface area contributed by atoms with Crippen molar-refractivity contribution in [3.05, 3.63) is 57.8 Å². The van der Waals surface area contributed by atoms with Gasteiger partial charge in [-0.15, -0.1) is 0 Å². The molecule has 0 saturated heterocycles. The van der Waals surface area contributed by atoms with Crippen molar-refractivity contribution >= 4 is 23.2 Å². The highest BCUT2D eigenvalue weighted by atomic mass is 35.5. The zero-order valence-corrected chi connectivity index (χ0v) is 12.9. The number of halogens is 2. The zero-order chi connectivity index (χ0) is 14.5. The Balaban J connectivity index is 2.31. The van der Waals surface area contributed by atoms with E-state index in [1.54, 1.807) is 12.3 Å². The SMILES string of the molecule is CCOc1ccc(C(NC)c2ncc(Cl)cc2Cl)cc1. The van der Waals surface area contributed by atoms with Gasteiger partial charge in [0, 0.05) is 6.20 Å². The lowest BCUT2D eigenvalue weighted by atomic mass is 10.0. The minimum Gasteiger partial charge on any atom is -0.494 e. The molecule has 3 nitrogen and oxygen atoms in total. The number of ether oxygens (including phenoxy) is 1. The van der Waals surface area contributed by atoms with Crippen molar-refractivity contribution in [3.63, 3.8) is 0 Å². The summed E-state index contributed by atoms with van der Waals surface area (Å²) in [4.78, 5) is 4.33. The van der Waals surface area contributed by atoms with Gasteiger partial charge < -0.3 is 10.1 Å². The summed E-state index contributed by atoms with van der Waals surface area (Å²) in [5, 5.41) is 4.29. The van der Waals surface area contributed by atoms with E-state index >= 15 is 0 Å². The van der Waals surface area contributed by atoms with E-state index in [4.69, 9.17) is 27.9 Å². The smallest absolute Gasteiger partial charge is 0.119 e. The largest absolute Gasteiger partial charge is 0.494 e. The molecule has 0 radical (unpaired) electrons.